The summed E-state index contributed by atoms with van der Waals surface area (Å²) >= 11 is 1.50. The Morgan fingerprint density at radius 1 is 1.12 bits per heavy atom. The second kappa shape index (κ2) is 6.49. The molecule has 0 saturated carbocycles. The summed E-state index contributed by atoms with van der Waals surface area (Å²) in [4.78, 5) is 32.5. The van der Waals surface area contributed by atoms with Gasteiger partial charge in [0.2, 0.25) is 5.95 Å². The molecule has 128 valence electrons. The molecular weight excluding hydrogens is 352 g/mol. The lowest BCUT2D eigenvalue weighted by Crippen LogP contribution is -2.14. The Balaban J connectivity index is 1.85. The summed E-state index contributed by atoms with van der Waals surface area (Å²) in [6.45, 7) is 0. The van der Waals surface area contributed by atoms with Gasteiger partial charge in [0, 0.05) is 16.0 Å². The van der Waals surface area contributed by atoms with E-state index in [9.17, 15) is 9.59 Å². The van der Waals surface area contributed by atoms with Crippen molar-refractivity contribution in [3.63, 3.8) is 0 Å². The smallest absolute Gasteiger partial charge is 0.338 e. The van der Waals surface area contributed by atoms with Gasteiger partial charge in [-0.2, -0.15) is 5.10 Å². The molecule has 0 aliphatic rings. The standard InChI is InChI=1S/C18H12N4O3S/c23-16-13-7-4-8-14(26-12-5-2-1-3-6-12)15(13)20-18(21-16)22-10-11(9-19-22)17(24)25/h1-10H,(H,24,25)(H,20,21,23). The summed E-state index contributed by atoms with van der Waals surface area (Å²) in [5, 5.41) is 13.5. The minimum absolute atomic E-state index is 0.0136. The Hall–Kier alpha value is -3.39. The molecule has 7 nitrogen and oxygen atoms in total. The number of aromatic carboxylic acids is 1. The quantitative estimate of drug-likeness (QED) is 0.577. The molecule has 0 amide bonds. The first-order chi connectivity index (χ1) is 12.6. The molecule has 4 rings (SSSR count). The molecule has 2 aromatic carbocycles. The summed E-state index contributed by atoms with van der Waals surface area (Å²) in [6, 6.07) is 15.2. The number of H-pyrrole nitrogens is 1. The highest BCUT2D eigenvalue weighted by Crippen LogP contribution is 2.31. The molecule has 8 heteroatoms. The number of fused-ring (bicyclic) bond motifs is 1. The Kier molecular flexibility index (Phi) is 4.02. The number of para-hydroxylation sites is 1. The van der Waals surface area contributed by atoms with Crippen LogP contribution >= 0.6 is 11.8 Å². The van der Waals surface area contributed by atoms with Gasteiger partial charge in [0.15, 0.2) is 0 Å². The fourth-order valence-electron chi connectivity index (χ4n) is 2.48. The van der Waals surface area contributed by atoms with Crippen LogP contribution in [0.25, 0.3) is 16.9 Å². The molecule has 2 aromatic heterocycles. The molecule has 0 atom stereocenters. The first-order valence-electron chi connectivity index (χ1n) is 7.66. The zero-order valence-corrected chi connectivity index (χ0v) is 14.1. The van der Waals surface area contributed by atoms with Crippen LogP contribution in [0.3, 0.4) is 0 Å². The van der Waals surface area contributed by atoms with E-state index in [0.717, 1.165) is 9.79 Å². The van der Waals surface area contributed by atoms with Crippen molar-refractivity contribution in [2.45, 2.75) is 9.79 Å². The van der Waals surface area contributed by atoms with Gasteiger partial charge in [-0.05, 0) is 24.3 Å². The van der Waals surface area contributed by atoms with Gasteiger partial charge in [-0.1, -0.05) is 36.0 Å². The Morgan fingerprint density at radius 2 is 1.92 bits per heavy atom. The van der Waals surface area contributed by atoms with Gasteiger partial charge >= 0.3 is 5.97 Å². The summed E-state index contributed by atoms with van der Waals surface area (Å²) in [7, 11) is 0. The number of carboxylic acids is 1. The number of carbonyl (C=O) groups is 1. The molecule has 4 aromatic rings. The van der Waals surface area contributed by atoms with Crippen LogP contribution in [0.4, 0.5) is 0 Å². The second-order valence-corrected chi connectivity index (χ2v) is 6.55. The lowest BCUT2D eigenvalue weighted by Gasteiger charge is -2.07. The summed E-state index contributed by atoms with van der Waals surface area (Å²) in [5.41, 5.74) is 0.236. The number of benzene rings is 2. The Bertz CT molecular complexity index is 1170. The number of nitrogens with one attached hydrogen (secondary N) is 1. The molecule has 26 heavy (non-hydrogen) atoms. The van der Waals surface area contributed by atoms with Gasteiger partial charge in [0.1, 0.15) is 0 Å². The predicted molar refractivity (Wildman–Crippen MR) is 97.0 cm³/mol. The number of nitrogens with zero attached hydrogens (tertiary/aromatic N) is 3. The van der Waals surface area contributed by atoms with Crippen LogP contribution in [-0.4, -0.2) is 30.8 Å². The number of aromatic nitrogens is 4. The van der Waals surface area contributed by atoms with E-state index in [1.54, 1.807) is 12.1 Å². The van der Waals surface area contributed by atoms with Gasteiger partial charge in [-0.3, -0.25) is 9.78 Å². The largest absolute Gasteiger partial charge is 0.478 e. The molecule has 0 radical (unpaired) electrons. The van der Waals surface area contributed by atoms with Crippen molar-refractivity contribution >= 4 is 28.6 Å². The maximum absolute atomic E-state index is 12.5. The van der Waals surface area contributed by atoms with Crippen molar-refractivity contribution in [2.75, 3.05) is 0 Å². The van der Waals surface area contributed by atoms with Crippen molar-refractivity contribution in [1.82, 2.24) is 19.7 Å². The van der Waals surface area contributed by atoms with E-state index in [4.69, 9.17) is 5.11 Å². The molecule has 0 aliphatic carbocycles. The molecule has 0 bridgehead atoms. The number of hydrogen-bond donors (Lipinski definition) is 2. The van der Waals surface area contributed by atoms with Crippen molar-refractivity contribution in [3.05, 3.63) is 76.8 Å². The van der Waals surface area contributed by atoms with Crippen LogP contribution in [0.5, 0.6) is 0 Å². The van der Waals surface area contributed by atoms with Crippen LogP contribution in [0.15, 0.2) is 75.5 Å². The summed E-state index contributed by atoms with van der Waals surface area (Å²) in [6.07, 6.45) is 2.51. The van der Waals surface area contributed by atoms with E-state index >= 15 is 0 Å². The van der Waals surface area contributed by atoms with Crippen LogP contribution in [-0.2, 0) is 0 Å². The number of hydrogen-bond acceptors (Lipinski definition) is 5. The number of aromatic amines is 1. The minimum atomic E-state index is -1.10. The van der Waals surface area contributed by atoms with Crippen LogP contribution < -0.4 is 5.56 Å². The van der Waals surface area contributed by atoms with Gasteiger partial charge in [-0.15, -0.1) is 0 Å². The minimum Gasteiger partial charge on any atom is -0.478 e. The fraction of sp³-hybridized carbons (Fsp3) is 0. The van der Waals surface area contributed by atoms with Gasteiger partial charge in [-0.25, -0.2) is 14.5 Å². The average Bonchev–Trinajstić information content (AvgIpc) is 3.14. The Labute approximate surface area is 151 Å². The van der Waals surface area contributed by atoms with E-state index in [2.05, 4.69) is 15.1 Å². The van der Waals surface area contributed by atoms with Crippen LogP contribution in [0, 0.1) is 0 Å². The van der Waals surface area contributed by atoms with Crippen LogP contribution in [0.2, 0.25) is 0 Å². The molecule has 0 spiro atoms. The summed E-state index contributed by atoms with van der Waals surface area (Å²) < 4.78 is 1.24. The number of carboxylic acid groups (broad SMARTS) is 1. The number of rotatable bonds is 4. The van der Waals surface area contributed by atoms with Gasteiger partial charge in [0.25, 0.3) is 5.56 Å². The average molecular weight is 364 g/mol. The van der Waals surface area contributed by atoms with Gasteiger partial charge in [0.05, 0.1) is 22.7 Å². The van der Waals surface area contributed by atoms with Crippen molar-refractivity contribution < 1.29 is 9.90 Å². The fourth-order valence-corrected chi connectivity index (χ4v) is 3.43. The third-order valence-electron chi connectivity index (χ3n) is 3.70. The first kappa shape index (κ1) is 16.1. The lowest BCUT2D eigenvalue weighted by molar-refractivity contribution is 0.0697. The van der Waals surface area contributed by atoms with Crippen molar-refractivity contribution in [1.29, 1.82) is 0 Å². The van der Waals surface area contributed by atoms with Crippen molar-refractivity contribution in [3.8, 4) is 5.95 Å². The van der Waals surface area contributed by atoms with Gasteiger partial charge < -0.3 is 5.11 Å². The highest BCUT2D eigenvalue weighted by molar-refractivity contribution is 7.99. The predicted octanol–water partition coefficient (Wildman–Crippen LogP) is 2.96. The van der Waals surface area contributed by atoms with E-state index in [1.807, 2.05) is 36.4 Å². The van der Waals surface area contributed by atoms with E-state index in [0.29, 0.717) is 10.9 Å². The summed E-state index contributed by atoms with van der Waals surface area (Å²) in [5.74, 6) is -0.934. The zero-order chi connectivity index (χ0) is 18.1. The third kappa shape index (κ3) is 2.98. The maximum atomic E-state index is 12.5. The lowest BCUT2D eigenvalue weighted by atomic mass is 10.2. The third-order valence-corrected chi connectivity index (χ3v) is 4.76. The van der Waals surface area contributed by atoms with E-state index < -0.39 is 5.97 Å². The molecule has 2 heterocycles. The molecule has 0 aliphatic heterocycles. The van der Waals surface area contributed by atoms with Crippen LogP contribution in [0.1, 0.15) is 10.4 Å². The van der Waals surface area contributed by atoms with E-state index in [1.165, 1.54) is 28.8 Å². The first-order valence-corrected chi connectivity index (χ1v) is 8.48. The van der Waals surface area contributed by atoms with Crippen molar-refractivity contribution in [2.24, 2.45) is 0 Å². The molecule has 0 unspecified atom stereocenters. The molecule has 2 N–H and O–H groups in total. The van der Waals surface area contributed by atoms with E-state index in [-0.39, 0.29) is 17.1 Å². The highest BCUT2D eigenvalue weighted by Gasteiger charge is 2.13. The highest BCUT2D eigenvalue weighted by atomic mass is 32.2. The zero-order valence-electron chi connectivity index (χ0n) is 13.3. The normalized spacial score (nSPS) is 10.9. The second-order valence-electron chi connectivity index (χ2n) is 5.44. The molecular formula is C18H12N4O3S. The molecule has 0 saturated heterocycles. The Morgan fingerprint density at radius 3 is 2.65 bits per heavy atom. The monoisotopic (exact) mass is 364 g/mol. The topological polar surface area (TPSA) is 101 Å². The maximum Gasteiger partial charge on any atom is 0.338 e. The SMILES string of the molecule is O=C(O)c1cnn(-c2nc3c(Sc4ccccc4)cccc3c(=O)[nH]2)c1. The molecule has 0 fully saturated rings.